The number of alkyl halides is 2. The molecule has 0 bridgehead atoms. The first-order chi connectivity index (χ1) is 12.1. The van der Waals surface area contributed by atoms with E-state index in [-0.39, 0.29) is 18.3 Å². The van der Waals surface area contributed by atoms with Crippen molar-refractivity contribution in [1.82, 2.24) is 14.9 Å². The second kappa shape index (κ2) is 7.29. The van der Waals surface area contributed by atoms with Crippen LogP contribution in [0, 0.1) is 0 Å². The number of nitrogens with one attached hydrogen (secondary N) is 2. The first kappa shape index (κ1) is 16.9. The van der Waals surface area contributed by atoms with E-state index in [0.29, 0.717) is 16.7 Å². The Bertz CT molecular complexity index is 864. The molecule has 0 saturated heterocycles. The monoisotopic (exact) mass is 344 g/mol. The molecule has 0 radical (unpaired) electrons. The molecule has 130 valence electrons. The molecule has 0 saturated carbocycles. The molecule has 25 heavy (non-hydrogen) atoms. The highest BCUT2D eigenvalue weighted by Crippen LogP contribution is 2.27. The van der Waals surface area contributed by atoms with Gasteiger partial charge in [0.05, 0.1) is 11.0 Å². The Morgan fingerprint density at radius 2 is 1.80 bits per heavy atom. The van der Waals surface area contributed by atoms with Gasteiger partial charge in [-0.25, -0.2) is 9.78 Å². The molecule has 1 unspecified atom stereocenters. The first-order valence-corrected chi connectivity index (χ1v) is 7.91. The third-order valence-electron chi connectivity index (χ3n) is 3.86. The van der Waals surface area contributed by atoms with E-state index >= 15 is 0 Å². The maximum atomic E-state index is 13.5. The van der Waals surface area contributed by atoms with Crippen LogP contribution in [0.25, 0.3) is 11.0 Å². The summed E-state index contributed by atoms with van der Waals surface area (Å²) in [6, 6.07) is 15.4. The van der Waals surface area contributed by atoms with Crippen LogP contribution >= 0.6 is 0 Å². The van der Waals surface area contributed by atoms with Crippen molar-refractivity contribution in [1.29, 1.82) is 0 Å². The number of rotatable bonds is 5. The Balaban J connectivity index is 1.71. The van der Waals surface area contributed by atoms with Gasteiger partial charge in [-0.05, 0) is 24.3 Å². The van der Waals surface area contributed by atoms with Gasteiger partial charge in [0.15, 0.2) is 0 Å². The summed E-state index contributed by atoms with van der Waals surface area (Å²) in [5.74, 6) is -0.126. The predicted octanol–water partition coefficient (Wildman–Crippen LogP) is 4.36. The molecule has 0 spiro atoms. The van der Waals surface area contributed by atoms with Crippen molar-refractivity contribution in [2.75, 3.05) is 11.9 Å². The zero-order valence-corrected chi connectivity index (χ0v) is 13.6. The molecule has 2 amide bonds. The second-order valence-electron chi connectivity index (χ2n) is 5.71. The Morgan fingerprint density at radius 3 is 2.52 bits per heavy atom. The topological polar surface area (TPSA) is 59.0 Å². The number of urea groups is 1. The highest BCUT2D eigenvalue weighted by Gasteiger charge is 2.22. The fourth-order valence-corrected chi connectivity index (χ4v) is 2.65. The summed E-state index contributed by atoms with van der Waals surface area (Å²) in [7, 11) is 0. The largest absolute Gasteiger partial charge is 0.337 e. The number of carbonyl (C=O) groups excluding carboxylic acids is 1. The Labute approximate surface area is 143 Å². The van der Waals surface area contributed by atoms with Crippen LogP contribution in [-0.2, 0) is 0 Å². The van der Waals surface area contributed by atoms with Crippen molar-refractivity contribution in [3.63, 3.8) is 0 Å². The number of carbonyl (C=O) groups is 1. The van der Waals surface area contributed by atoms with Crippen LogP contribution in [0.3, 0.4) is 0 Å². The minimum atomic E-state index is -2.69. The minimum Gasteiger partial charge on any atom is -0.337 e. The van der Waals surface area contributed by atoms with E-state index in [0.717, 1.165) is 4.57 Å². The number of halogens is 2. The fourth-order valence-electron chi connectivity index (χ4n) is 2.65. The van der Waals surface area contributed by atoms with Crippen LogP contribution in [-0.4, -0.2) is 22.1 Å². The van der Waals surface area contributed by atoms with E-state index < -0.39 is 12.6 Å². The predicted molar refractivity (Wildman–Crippen MR) is 92.9 cm³/mol. The van der Waals surface area contributed by atoms with Gasteiger partial charge >= 0.3 is 12.6 Å². The zero-order chi connectivity index (χ0) is 17.8. The van der Waals surface area contributed by atoms with Gasteiger partial charge in [0.2, 0.25) is 0 Å². The highest BCUT2D eigenvalue weighted by molar-refractivity contribution is 5.89. The number of amides is 2. The molecule has 0 aliphatic heterocycles. The standard InChI is InChI=1S/C18H18F2N4O/c1-12(11-21-18(25)22-13-7-3-2-4-8-13)16-23-14-9-5-6-10-15(14)24(16)17(19)20/h2-10,12,17H,11H2,1H3,(H2,21,22,25). The number of para-hydroxylation sites is 3. The highest BCUT2D eigenvalue weighted by atomic mass is 19.3. The summed E-state index contributed by atoms with van der Waals surface area (Å²) in [5, 5.41) is 5.38. The van der Waals surface area contributed by atoms with Crippen LogP contribution in [0.1, 0.15) is 25.2 Å². The lowest BCUT2D eigenvalue weighted by Crippen LogP contribution is -2.32. The van der Waals surface area contributed by atoms with E-state index in [2.05, 4.69) is 15.6 Å². The van der Waals surface area contributed by atoms with Crippen molar-refractivity contribution in [3.05, 3.63) is 60.4 Å². The minimum absolute atomic E-state index is 0.189. The Kier molecular flexibility index (Phi) is 4.92. The van der Waals surface area contributed by atoms with Crippen LogP contribution in [0.4, 0.5) is 19.3 Å². The van der Waals surface area contributed by atoms with Gasteiger partial charge in [-0.15, -0.1) is 0 Å². The number of fused-ring (bicyclic) bond motifs is 1. The summed E-state index contributed by atoms with van der Waals surface area (Å²) < 4.78 is 27.8. The molecule has 0 aliphatic rings. The van der Waals surface area contributed by atoms with Gasteiger partial charge in [0, 0.05) is 18.2 Å². The molecule has 3 aromatic rings. The van der Waals surface area contributed by atoms with Crippen molar-refractivity contribution >= 4 is 22.8 Å². The van der Waals surface area contributed by atoms with Crippen molar-refractivity contribution in [2.45, 2.75) is 19.4 Å². The number of anilines is 1. The molecule has 0 aliphatic carbocycles. The van der Waals surface area contributed by atoms with Gasteiger partial charge in [-0.1, -0.05) is 37.3 Å². The average molecular weight is 344 g/mol. The van der Waals surface area contributed by atoms with E-state index in [1.54, 1.807) is 43.3 Å². The van der Waals surface area contributed by atoms with Crippen LogP contribution in [0.5, 0.6) is 0 Å². The van der Waals surface area contributed by atoms with Gasteiger partial charge in [0.25, 0.3) is 0 Å². The van der Waals surface area contributed by atoms with Crippen LogP contribution in [0.15, 0.2) is 54.6 Å². The number of hydrogen-bond donors (Lipinski definition) is 2. The summed E-state index contributed by atoms with van der Waals surface area (Å²) in [4.78, 5) is 16.2. The molecule has 1 heterocycles. The number of imidazole rings is 1. The molecule has 7 heteroatoms. The average Bonchev–Trinajstić information content (AvgIpc) is 3.00. The first-order valence-electron chi connectivity index (χ1n) is 7.91. The number of hydrogen-bond acceptors (Lipinski definition) is 2. The molecular formula is C18H18F2N4O. The van der Waals surface area contributed by atoms with E-state index in [1.165, 1.54) is 0 Å². The molecular weight excluding hydrogens is 326 g/mol. The summed E-state index contributed by atoms with van der Waals surface area (Å²) >= 11 is 0. The molecule has 5 nitrogen and oxygen atoms in total. The SMILES string of the molecule is CC(CNC(=O)Nc1ccccc1)c1nc2ccccc2n1C(F)F. The van der Waals surface area contributed by atoms with Crippen LogP contribution in [0.2, 0.25) is 0 Å². The third kappa shape index (κ3) is 3.76. The maximum absolute atomic E-state index is 13.5. The Morgan fingerprint density at radius 1 is 1.12 bits per heavy atom. The second-order valence-corrected chi connectivity index (χ2v) is 5.71. The van der Waals surface area contributed by atoms with Crippen molar-refractivity contribution < 1.29 is 13.6 Å². The van der Waals surface area contributed by atoms with E-state index in [9.17, 15) is 13.6 Å². The third-order valence-corrected chi connectivity index (χ3v) is 3.86. The Hall–Kier alpha value is -2.96. The molecule has 1 aromatic heterocycles. The molecule has 2 aromatic carbocycles. The smallest absolute Gasteiger partial charge is 0.320 e. The van der Waals surface area contributed by atoms with Gasteiger partial charge < -0.3 is 10.6 Å². The summed E-state index contributed by atoms with van der Waals surface area (Å²) in [6.07, 6.45) is 0. The van der Waals surface area contributed by atoms with Gasteiger partial charge in [0.1, 0.15) is 5.82 Å². The number of aromatic nitrogens is 2. The lowest BCUT2D eigenvalue weighted by molar-refractivity contribution is 0.0705. The number of nitrogens with zero attached hydrogens (tertiary/aromatic N) is 2. The van der Waals surface area contributed by atoms with Gasteiger partial charge in [-0.3, -0.25) is 4.57 Å². The van der Waals surface area contributed by atoms with Gasteiger partial charge in [-0.2, -0.15) is 8.78 Å². The van der Waals surface area contributed by atoms with E-state index in [4.69, 9.17) is 0 Å². The summed E-state index contributed by atoms with van der Waals surface area (Å²) in [5.41, 5.74) is 1.55. The van der Waals surface area contributed by atoms with Crippen LogP contribution < -0.4 is 10.6 Å². The van der Waals surface area contributed by atoms with Crippen molar-refractivity contribution in [3.8, 4) is 0 Å². The normalized spacial score (nSPS) is 12.3. The molecule has 0 fully saturated rings. The molecule has 3 rings (SSSR count). The molecule has 2 N–H and O–H groups in total. The lowest BCUT2D eigenvalue weighted by Gasteiger charge is -2.15. The van der Waals surface area contributed by atoms with E-state index in [1.807, 2.05) is 18.2 Å². The maximum Gasteiger partial charge on any atom is 0.320 e. The fraction of sp³-hybridized carbons (Fsp3) is 0.222. The summed E-state index contributed by atoms with van der Waals surface area (Å²) in [6.45, 7) is -0.750. The zero-order valence-electron chi connectivity index (χ0n) is 13.6. The lowest BCUT2D eigenvalue weighted by atomic mass is 10.1. The van der Waals surface area contributed by atoms with Crippen molar-refractivity contribution in [2.24, 2.45) is 0 Å². The molecule has 1 atom stereocenters. The quantitative estimate of drug-likeness (QED) is 0.723. The number of benzene rings is 2.